The van der Waals surface area contributed by atoms with Gasteiger partial charge in [-0.25, -0.2) is 13.4 Å². The molecule has 0 bridgehead atoms. The van der Waals surface area contributed by atoms with Crippen molar-refractivity contribution >= 4 is 21.4 Å². The number of furan rings is 1. The fraction of sp³-hybridized carbons (Fsp3) is 0.500. The van der Waals surface area contributed by atoms with Gasteiger partial charge in [0, 0.05) is 19.1 Å². The molecule has 1 aliphatic rings. The third-order valence-corrected chi connectivity index (χ3v) is 7.51. The number of rotatable bonds is 4. The van der Waals surface area contributed by atoms with Gasteiger partial charge in [-0.2, -0.15) is 0 Å². The number of nitrogens with one attached hydrogen (secondary N) is 1. The zero-order valence-corrected chi connectivity index (χ0v) is 17.5. The minimum Gasteiger partial charge on any atom is -0.469 e. The predicted octanol–water partition coefficient (Wildman–Crippen LogP) is 2.95. The summed E-state index contributed by atoms with van der Waals surface area (Å²) in [5, 5.41) is 3.16. The highest BCUT2D eigenvalue weighted by Crippen LogP contribution is 2.26. The van der Waals surface area contributed by atoms with Gasteiger partial charge in [-0.3, -0.25) is 4.79 Å². The summed E-state index contributed by atoms with van der Waals surface area (Å²) in [5.41, 5.74) is 1.46. The van der Waals surface area contributed by atoms with Crippen LogP contribution in [0.25, 0.3) is 0 Å². The summed E-state index contributed by atoms with van der Waals surface area (Å²) in [5.74, 6) is 0.509. The highest BCUT2D eigenvalue weighted by atomic mass is 32.2. The molecule has 152 valence electrons. The SMILES string of the molecule is Cc1occc1C(=O)NC1CCN(c2ccc(S(=O)(=O)C(C)(C)C)nc2)CC1. The summed E-state index contributed by atoms with van der Waals surface area (Å²) in [6, 6.07) is 5.16. The van der Waals surface area contributed by atoms with Crippen molar-refractivity contribution in [3.8, 4) is 0 Å². The second-order valence-corrected chi connectivity index (χ2v) is 10.7. The Labute approximate surface area is 166 Å². The van der Waals surface area contributed by atoms with E-state index in [0.29, 0.717) is 11.3 Å². The standard InChI is InChI=1S/C20H27N3O4S/c1-14-17(9-12-27-14)19(24)22-15-7-10-23(11-8-15)16-5-6-18(21-13-16)28(25,26)20(2,3)4/h5-6,9,12-13,15H,7-8,10-11H2,1-4H3,(H,22,24). The van der Waals surface area contributed by atoms with Crippen LogP contribution in [0.5, 0.6) is 0 Å². The normalized spacial score (nSPS) is 16.2. The highest BCUT2D eigenvalue weighted by molar-refractivity contribution is 7.92. The summed E-state index contributed by atoms with van der Waals surface area (Å²) in [6.45, 7) is 8.31. The molecule has 0 saturated carbocycles. The minimum atomic E-state index is -3.46. The van der Waals surface area contributed by atoms with Crippen molar-refractivity contribution < 1.29 is 17.6 Å². The van der Waals surface area contributed by atoms with Crippen molar-refractivity contribution in [1.29, 1.82) is 0 Å². The van der Waals surface area contributed by atoms with Gasteiger partial charge in [-0.1, -0.05) is 0 Å². The van der Waals surface area contributed by atoms with E-state index in [1.54, 1.807) is 52.1 Å². The lowest BCUT2D eigenvalue weighted by Gasteiger charge is -2.33. The Morgan fingerprint density at radius 2 is 1.89 bits per heavy atom. The predicted molar refractivity (Wildman–Crippen MR) is 107 cm³/mol. The van der Waals surface area contributed by atoms with Gasteiger partial charge in [-0.05, 0) is 58.7 Å². The number of hydrogen-bond acceptors (Lipinski definition) is 6. The molecule has 1 saturated heterocycles. The van der Waals surface area contributed by atoms with Crippen molar-refractivity contribution in [3.05, 3.63) is 42.0 Å². The molecular formula is C20H27N3O4S. The molecule has 0 spiro atoms. The number of aromatic nitrogens is 1. The Kier molecular flexibility index (Phi) is 5.52. The summed E-state index contributed by atoms with van der Waals surface area (Å²) >= 11 is 0. The number of piperidine rings is 1. The van der Waals surface area contributed by atoms with Crippen LogP contribution in [-0.2, 0) is 9.84 Å². The molecule has 8 heteroatoms. The van der Waals surface area contributed by atoms with E-state index in [-0.39, 0.29) is 17.0 Å². The van der Waals surface area contributed by atoms with Gasteiger partial charge in [0.15, 0.2) is 14.9 Å². The monoisotopic (exact) mass is 405 g/mol. The first-order valence-corrected chi connectivity index (χ1v) is 10.9. The molecule has 1 N–H and O–H groups in total. The van der Waals surface area contributed by atoms with E-state index < -0.39 is 14.6 Å². The van der Waals surface area contributed by atoms with Crippen LogP contribution in [-0.4, -0.2) is 43.2 Å². The number of amides is 1. The van der Waals surface area contributed by atoms with Crippen LogP contribution in [0.4, 0.5) is 5.69 Å². The van der Waals surface area contributed by atoms with Gasteiger partial charge in [-0.15, -0.1) is 0 Å². The molecule has 3 rings (SSSR count). The third kappa shape index (κ3) is 4.06. The van der Waals surface area contributed by atoms with Gasteiger partial charge < -0.3 is 14.6 Å². The Morgan fingerprint density at radius 3 is 2.39 bits per heavy atom. The lowest BCUT2D eigenvalue weighted by atomic mass is 10.0. The molecule has 1 aliphatic heterocycles. The highest BCUT2D eigenvalue weighted by Gasteiger charge is 2.32. The fourth-order valence-electron chi connectivity index (χ4n) is 3.20. The van der Waals surface area contributed by atoms with Gasteiger partial charge in [0.25, 0.3) is 5.91 Å². The molecule has 7 nitrogen and oxygen atoms in total. The quantitative estimate of drug-likeness (QED) is 0.841. The second kappa shape index (κ2) is 7.58. The van der Waals surface area contributed by atoms with Crippen molar-refractivity contribution in [1.82, 2.24) is 10.3 Å². The summed E-state index contributed by atoms with van der Waals surface area (Å²) in [7, 11) is -3.46. The largest absolute Gasteiger partial charge is 0.469 e. The second-order valence-electron chi connectivity index (χ2n) is 8.10. The molecule has 1 fully saturated rings. The maximum absolute atomic E-state index is 12.5. The van der Waals surface area contributed by atoms with Crippen LogP contribution < -0.4 is 10.2 Å². The van der Waals surface area contributed by atoms with E-state index in [0.717, 1.165) is 31.6 Å². The number of sulfone groups is 1. The van der Waals surface area contributed by atoms with E-state index in [4.69, 9.17) is 4.42 Å². The Bertz CT molecular complexity index is 935. The first-order valence-electron chi connectivity index (χ1n) is 9.40. The van der Waals surface area contributed by atoms with Crippen LogP contribution >= 0.6 is 0 Å². The number of carbonyl (C=O) groups is 1. The van der Waals surface area contributed by atoms with Crippen LogP contribution in [0, 0.1) is 6.92 Å². The van der Waals surface area contributed by atoms with Crippen LogP contribution in [0.2, 0.25) is 0 Å². The molecule has 0 aliphatic carbocycles. The molecular weight excluding hydrogens is 378 g/mol. The maximum atomic E-state index is 12.5. The zero-order valence-electron chi connectivity index (χ0n) is 16.7. The topological polar surface area (TPSA) is 92.5 Å². The van der Waals surface area contributed by atoms with Crippen LogP contribution in [0.1, 0.15) is 49.7 Å². The molecule has 0 aromatic carbocycles. The van der Waals surface area contributed by atoms with Crippen molar-refractivity contribution in [3.63, 3.8) is 0 Å². The van der Waals surface area contributed by atoms with Gasteiger partial charge in [0.2, 0.25) is 0 Å². The zero-order chi connectivity index (χ0) is 20.5. The lowest BCUT2D eigenvalue weighted by Crippen LogP contribution is -2.44. The van der Waals surface area contributed by atoms with Crippen molar-refractivity contribution in [2.24, 2.45) is 0 Å². The molecule has 0 radical (unpaired) electrons. The van der Waals surface area contributed by atoms with Crippen molar-refractivity contribution in [2.75, 3.05) is 18.0 Å². The van der Waals surface area contributed by atoms with E-state index in [2.05, 4.69) is 15.2 Å². The maximum Gasteiger partial charge on any atom is 0.255 e. The number of nitrogens with zero attached hydrogens (tertiary/aromatic N) is 2. The Balaban J connectivity index is 1.59. The molecule has 28 heavy (non-hydrogen) atoms. The molecule has 2 aromatic rings. The van der Waals surface area contributed by atoms with E-state index in [1.807, 2.05) is 0 Å². The minimum absolute atomic E-state index is 0.0985. The molecule has 0 unspecified atom stereocenters. The first-order chi connectivity index (χ1) is 13.1. The van der Waals surface area contributed by atoms with E-state index in [1.165, 1.54) is 6.26 Å². The number of aryl methyl sites for hydroxylation is 1. The number of anilines is 1. The average Bonchev–Trinajstić information content (AvgIpc) is 3.08. The first kappa shape index (κ1) is 20.4. The van der Waals surface area contributed by atoms with Gasteiger partial charge in [0.05, 0.1) is 28.5 Å². The summed E-state index contributed by atoms with van der Waals surface area (Å²) in [4.78, 5) is 18.7. The van der Waals surface area contributed by atoms with Crippen LogP contribution in [0.3, 0.4) is 0 Å². The summed E-state index contributed by atoms with van der Waals surface area (Å²) in [6.07, 6.45) is 4.76. The smallest absolute Gasteiger partial charge is 0.255 e. The fourth-order valence-corrected chi connectivity index (χ4v) is 4.26. The van der Waals surface area contributed by atoms with Gasteiger partial charge in [0.1, 0.15) is 5.76 Å². The average molecular weight is 406 g/mol. The molecule has 2 aromatic heterocycles. The van der Waals surface area contributed by atoms with E-state index >= 15 is 0 Å². The van der Waals surface area contributed by atoms with E-state index in [9.17, 15) is 13.2 Å². The number of pyridine rings is 1. The Hall–Kier alpha value is -2.35. The Morgan fingerprint density at radius 1 is 1.21 bits per heavy atom. The molecule has 1 amide bonds. The third-order valence-electron chi connectivity index (χ3n) is 5.10. The number of carbonyl (C=O) groups excluding carboxylic acids is 1. The van der Waals surface area contributed by atoms with Gasteiger partial charge >= 0.3 is 0 Å². The summed E-state index contributed by atoms with van der Waals surface area (Å²) < 4.78 is 29.3. The lowest BCUT2D eigenvalue weighted by molar-refractivity contribution is 0.0929. The van der Waals surface area contributed by atoms with Crippen LogP contribution in [0.15, 0.2) is 40.1 Å². The molecule has 3 heterocycles. The molecule has 0 atom stereocenters. The van der Waals surface area contributed by atoms with Crippen molar-refractivity contribution in [2.45, 2.75) is 56.4 Å². The number of hydrogen-bond donors (Lipinski definition) is 1.